The Kier molecular flexibility index (Phi) is 7.89. The van der Waals surface area contributed by atoms with Crippen LogP contribution in [0.1, 0.15) is 50.7 Å². The zero-order valence-electron chi connectivity index (χ0n) is 20.4. The first kappa shape index (κ1) is 24.7. The van der Waals surface area contributed by atoms with Crippen molar-refractivity contribution in [2.75, 3.05) is 25.6 Å². The number of hydrogen-bond acceptors (Lipinski definition) is 4. The zero-order valence-corrected chi connectivity index (χ0v) is 22.0. The van der Waals surface area contributed by atoms with E-state index in [-0.39, 0.29) is 11.8 Å². The van der Waals surface area contributed by atoms with Gasteiger partial charge in [-0.3, -0.25) is 9.59 Å². The number of amides is 2. The number of nitrogens with zero attached hydrogens (tertiary/aromatic N) is 2. The molecule has 2 heterocycles. The number of likely N-dealkylation sites (N-methyl/N-ethyl adjacent to an activating group) is 2. The molecule has 4 nitrogen and oxygen atoms in total. The quantitative estimate of drug-likeness (QED) is 0.279. The van der Waals surface area contributed by atoms with Gasteiger partial charge in [0.05, 0.1) is 22.5 Å². The van der Waals surface area contributed by atoms with Crippen LogP contribution >= 0.6 is 23.5 Å². The maximum atomic E-state index is 13.4. The highest BCUT2D eigenvalue weighted by molar-refractivity contribution is 7.99. The number of unbranched alkanes of at least 4 members (excludes halogenated alkanes) is 2. The molecule has 0 N–H and O–H groups in total. The third kappa shape index (κ3) is 4.71. The van der Waals surface area contributed by atoms with Crippen LogP contribution in [0.2, 0.25) is 0 Å². The van der Waals surface area contributed by atoms with Crippen molar-refractivity contribution < 1.29 is 9.59 Å². The minimum Gasteiger partial charge on any atom is -0.310 e. The average Bonchev–Trinajstić information content (AvgIpc) is 3.25. The molecule has 2 aromatic carbocycles. The molecular weight excluding hydrogens is 460 g/mol. The molecule has 4 rings (SSSR count). The second-order valence-corrected chi connectivity index (χ2v) is 11.0. The van der Waals surface area contributed by atoms with Gasteiger partial charge >= 0.3 is 0 Å². The average molecular weight is 493 g/mol. The fraction of sp³-hybridized carbons (Fsp3) is 0.357. The summed E-state index contributed by atoms with van der Waals surface area (Å²) in [5, 5.41) is 0. The van der Waals surface area contributed by atoms with Gasteiger partial charge in [-0.2, -0.15) is 0 Å². The van der Waals surface area contributed by atoms with E-state index in [9.17, 15) is 9.59 Å². The van der Waals surface area contributed by atoms with Gasteiger partial charge in [-0.1, -0.05) is 51.0 Å². The molecule has 0 aliphatic carbocycles. The van der Waals surface area contributed by atoms with E-state index in [1.54, 1.807) is 23.9 Å². The van der Waals surface area contributed by atoms with E-state index in [0.717, 1.165) is 22.6 Å². The number of fused-ring (bicyclic) bond motifs is 1. The molecule has 0 saturated heterocycles. The summed E-state index contributed by atoms with van der Waals surface area (Å²) in [5.41, 5.74) is 4.21. The van der Waals surface area contributed by atoms with Crippen molar-refractivity contribution in [3.8, 4) is 0 Å². The molecular formula is C28H32N2O2S2. The van der Waals surface area contributed by atoms with Gasteiger partial charge in [0.2, 0.25) is 0 Å². The lowest BCUT2D eigenvalue weighted by atomic mass is 10.0. The first-order chi connectivity index (χ1) is 16.5. The third-order valence-electron chi connectivity index (χ3n) is 6.22. The Morgan fingerprint density at radius 1 is 0.618 bits per heavy atom. The molecule has 34 heavy (non-hydrogen) atoms. The summed E-state index contributed by atoms with van der Waals surface area (Å²) in [6.07, 6.45) is 4.74. The maximum absolute atomic E-state index is 13.4. The summed E-state index contributed by atoms with van der Waals surface area (Å²) < 4.78 is 0. The molecule has 2 aliphatic heterocycles. The van der Waals surface area contributed by atoms with Gasteiger partial charge in [-0.05, 0) is 59.7 Å². The molecule has 0 fully saturated rings. The SMILES string of the molecule is CCCCSc1ccc(C2=C3C(=O)N(C)C(c4ccc(SCCCC)cc4)=C3C(=O)N2C)cc1. The lowest BCUT2D eigenvalue weighted by Crippen LogP contribution is -2.25. The van der Waals surface area contributed by atoms with Crippen LogP contribution in [0.25, 0.3) is 11.4 Å². The van der Waals surface area contributed by atoms with Crippen LogP contribution < -0.4 is 0 Å². The Morgan fingerprint density at radius 2 is 0.971 bits per heavy atom. The minimum atomic E-state index is -0.125. The molecule has 178 valence electrons. The van der Waals surface area contributed by atoms with Crippen molar-refractivity contribution in [1.29, 1.82) is 0 Å². The van der Waals surface area contributed by atoms with Crippen LogP contribution in [0.4, 0.5) is 0 Å². The number of hydrogen-bond donors (Lipinski definition) is 0. The van der Waals surface area contributed by atoms with E-state index >= 15 is 0 Å². The van der Waals surface area contributed by atoms with Crippen LogP contribution in [-0.2, 0) is 9.59 Å². The number of carbonyl (C=O) groups is 2. The summed E-state index contributed by atoms with van der Waals surface area (Å²) in [6.45, 7) is 4.39. The Bertz CT molecular complexity index is 1040. The van der Waals surface area contributed by atoms with Crippen molar-refractivity contribution >= 4 is 46.7 Å². The molecule has 0 bridgehead atoms. The first-order valence-corrected chi connectivity index (χ1v) is 14.0. The van der Waals surface area contributed by atoms with E-state index in [2.05, 4.69) is 38.1 Å². The highest BCUT2D eigenvalue weighted by atomic mass is 32.2. The second-order valence-electron chi connectivity index (χ2n) is 8.63. The van der Waals surface area contributed by atoms with E-state index in [4.69, 9.17) is 0 Å². The van der Waals surface area contributed by atoms with Crippen molar-refractivity contribution in [3.63, 3.8) is 0 Å². The van der Waals surface area contributed by atoms with E-state index in [1.165, 1.54) is 35.5 Å². The molecule has 0 spiro atoms. The lowest BCUT2D eigenvalue weighted by molar-refractivity contribution is -0.123. The molecule has 6 heteroatoms. The second kappa shape index (κ2) is 10.9. The standard InChI is InChI=1S/C28H32N2O2S2/c1-5-7-17-33-21-13-9-19(10-14-21)25-23-24(28(32)29(25)3)26(30(4)27(23)31)20-11-15-22(16-12-20)34-18-8-6-2/h9-16H,5-8,17-18H2,1-4H3. The first-order valence-electron chi connectivity index (χ1n) is 12.0. The molecule has 0 radical (unpaired) electrons. The van der Waals surface area contributed by atoms with E-state index in [1.807, 2.05) is 47.8 Å². The topological polar surface area (TPSA) is 40.6 Å². The van der Waals surface area contributed by atoms with Crippen molar-refractivity contribution in [1.82, 2.24) is 9.80 Å². The predicted molar refractivity (Wildman–Crippen MR) is 144 cm³/mol. The minimum absolute atomic E-state index is 0.125. The van der Waals surface area contributed by atoms with Gasteiger partial charge in [0, 0.05) is 23.9 Å². The van der Waals surface area contributed by atoms with Crippen LogP contribution in [0.5, 0.6) is 0 Å². The Balaban J connectivity index is 1.68. The van der Waals surface area contributed by atoms with Gasteiger partial charge in [0.25, 0.3) is 11.8 Å². The van der Waals surface area contributed by atoms with Crippen molar-refractivity contribution in [3.05, 3.63) is 70.8 Å². The summed E-state index contributed by atoms with van der Waals surface area (Å²) in [4.78, 5) is 32.4. The Hall–Kier alpha value is -2.44. The van der Waals surface area contributed by atoms with Crippen LogP contribution in [-0.4, -0.2) is 47.2 Å². The summed E-state index contributed by atoms with van der Waals surface area (Å²) in [7, 11) is 3.52. The number of benzene rings is 2. The number of carbonyl (C=O) groups excluding carboxylic acids is 2. The van der Waals surface area contributed by atoms with E-state index in [0.29, 0.717) is 22.5 Å². The number of rotatable bonds is 10. The van der Waals surface area contributed by atoms with Crippen molar-refractivity contribution in [2.24, 2.45) is 0 Å². The third-order valence-corrected chi connectivity index (χ3v) is 8.42. The normalized spacial score (nSPS) is 15.8. The highest BCUT2D eigenvalue weighted by Gasteiger charge is 2.46. The largest absolute Gasteiger partial charge is 0.310 e. The summed E-state index contributed by atoms with van der Waals surface area (Å²) in [6, 6.07) is 16.4. The molecule has 0 aromatic heterocycles. The molecule has 0 saturated carbocycles. The highest BCUT2D eigenvalue weighted by Crippen LogP contribution is 2.45. The molecule has 2 amide bonds. The smallest absolute Gasteiger partial charge is 0.261 e. The molecule has 0 unspecified atom stereocenters. The fourth-order valence-corrected chi connectivity index (χ4v) is 6.28. The van der Waals surface area contributed by atoms with Crippen LogP contribution in [0.3, 0.4) is 0 Å². The zero-order chi connectivity index (χ0) is 24.2. The molecule has 2 aliphatic rings. The van der Waals surface area contributed by atoms with Crippen molar-refractivity contribution in [2.45, 2.75) is 49.3 Å². The van der Waals surface area contributed by atoms with Gasteiger partial charge in [-0.25, -0.2) is 0 Å². The maximum Gasteiger partial charge on any atom is 0.261 e. The van der Waals surface area contributed by atoms with Gasteiger partial charge in [0.1, 0.15) is 0 Å². The van der Waals surface area contributed by atoms with E-state index < -0.39 is 0 Å². The van der Waals surface area contributed by atoms with Crippen LogP contribution in [0, 0.1) is 0 Å². The summed E-state index contributed by atoms with van der Waals surface area (Å²) >= 11 is 3.68. The molecule has 0 atom stereocenters. The van der Waals surface area contributed by atoms with Gasteiger partial charge < -0.3 is 9.80 Å². The predicted octanol–water partition coefficient (Wildman–Crippen LogP) is 6.54. The number of thioether (sulfide) groups is 2. The summed E-state index contributed by atoms with van der Waals surface area (Å²) in [5.74, 6) is 1.94. The Labute approximate surface area is 211 Å². The van der Waals surface area contributed by atoms with Crippen LogP contribution in [0.15, 0.2) is 69.5 Å². The monoisotopic (exact) mass is 492 g/mol. The fourth-order valence-electron chi connectivity index (χ4n) is 4.29. The Morgan fingerprint density at radius 3 is 1.29 bits per heavy atom. The van der Waals surface area contributed by atoms with Gasteiger partial charge in [-0.15, -0.1) is 23.5 Å². The van der Waals surface area contributed by atoms with Gasteiger partial charge in [0.15, 0.2) is 0 Å². The lowest BCUT2D eigenvalue weighted by Gasteiger charge is -2.20. The molecule has 2 aromatic rings.